The average Bonchev–Trinajstić information content (AvgIpc) is 2.60. The predicted molar refractivity (Wildman–Crippen MR) is 101 cm³/mol. The van der Waals surface area contributed by atoms with E-state index >= 15 is 0 Å². The molecule has 2 aromatic heterocycles. The van der Waals surface area contributed by atoms with E-state index in [0.29, 0.717) is 5.92 Å². The Hall–Kier alpha value is -2.74. The molecule has 118 valence electrons. The fourth-order valence-corrected chi connectivity index (χ4v) is 3.16. The van der Waals surface area contributed by atoms with Gasteiger partial charge in [0, 0.05) is 22.7 Å². The molecule has 0 N–H and O–H groups in total. The first-order chi connectivity index (χ1) is 11.6. The van der Waals surface area contributed by atoms with Crippen LogP contribution in [0.25, 0.3) is 32.9 Å². The zero-order chi connectivity index (χ0) is 16.7. The molecule has 4 rings (SSSR count). The standard InChI is InChI=1S/C22H20N2/c1-14(2)18-11-20(19-5-4-10-23-22(19)13-18)17-9-8-16-7-6-15(3)24-21(16)12-17/h4-14H,1-3H3. The van der Waals surface area contributed by atoms with Gasteiger partial charge in [0.2, 0.25) is 0 Å². The summed E-state index contributed by atoms with van der Waals surface area (Å²) in [7, 11) is 0. The van der Waals surface area contributed by atoms with Crippen molar-refractivity contribution in [2.75, 3.05) is 0 Å². The van der Waals surface area contributed by atoms with E-state index < -0.39 is 0 Å². The first-order valence-electron chi connectivity index (χ1n) is 8.38. The monoisotopic (exact) mass is 312 g/mol. The van der Waals surface area contributed by atoms with Crippen LogP contribution in [0.3, 0.4) is 0 Å². The minimum atomic E-state index is 0.469. The molecule has 2 nitrogen and oxygen atoms in total. The first kappa shape index (κ1) is 14.8. The van der Waals surface area contributed by atoms with Gasteiger partial charge in [-0.3, -0.25) is 9.97 Å². The van der Waals surface area contributed by atoms with Gasteiger partial charge in [-0.1, -0.05) is 44.2 Å². The Bertz CT molecular complexity index is 1050. The summed E-state index contributed by atoms with van der Waals surface area (Å²) in [6.45, 7) is 6.48. The van der Waals surface area contributed by atoms with Gasteiger partial charge in [0.1, 0.15) is 0 Å². The van der Waals surface area contributed by atoms with Gasteiger partial charge in [0.15, 0.2) is 0 Å². The Morgan fingerprint density at radius 2 is 1.71 bits per heavy atom. The van der Waals surface area contributed by atoms with Crippen LogP contribution < -0.4 is 0 Å². The maximum Gasteiger partial charge on any atom is 0.0711 e. The van der Waals surface area contributed by atoms with Gasteiger partial charge in [0.25, 0.3) is 0 Å². The molecule has 0 fully saturated rings. The normalized spacial score (nSPS) is 11.5. The van der Waals surface area contributed by atoms with Crippen molar-refractivity contribution < 1.29 is 0 Å². The van der Waals surface area contributed by atoms with Gasteiger partial charge >= 0.3 is 0 Å². The summed E-state index contributed by atoms with van der Waals surface area (Å²) in [4.78, 5) is 9.26. The topological polar surface area (TPSA) is 25.8 Å². The SMILES string of the molecule is Cc1ccc2ccc(-c3cc(C(C)C)cc4ncccc34)cc2n1. The van der Waals surface area contributed by atoms with Crippen LogP contribution in [0.5, 0.6) is 0 Å². The molecule has 0 aliphatic carbocycles. The molecule has 0 aliphatic rings. The molecule has 4 aromatic rings. The molecule has 24 heavy (non-hydrogen) atoms. The molecule has 0 unspecified atom stereocenters. The number of hydrogen-bond acceptors (Lipinski definition) is 2. The summed E-state index contributed by atoms with van der Waals surface area (Å²) < 4.78 is 0. The molecule has 0 spiro atoms. The number of fused-ring (bicyclic) bond motifs is 2. The summed E-state index contributed by atoms with van der Waals surface area (Å²) in [6, 6.07) is 19.4. The molecule has 0 amide bonds. The zero-order valence-electron chi connectivity index (χ0n) is 14.2. The van der Waals surface area contributed by atoms with E-state index in [0.717, 1.165) is 16.7 Å². The number of pyridine rings is 2. The van der Waals surface area contributed by atoms with Crippen molar-refractivity contribution >= 4 is 21.8 Å². The Labute approximate surface area is 142 Å². The molecule has 0 saturated carbocycles. The summed E-state index contributed by atoms with van der Waals surface area (Å²) in [6.07, 6.45) is 1.86. The lowest BCUT2D eigenvalue weighted by atomic mass is 9.93. The van der Waals surface area contributed by atoms with Crippen molar-refractivity contribution in [1.82, 2.24) is 9.97 Å². The second-order valence-electron chi connectivity index (χ2n) is 6.65. The highest BCUT2D eigenvalue weighted by Crippen LogP contribution is 2.33. The Morgan fingerprint density at radius 1 is 0.875 bits per heavy atom. The van der Waals surface area contributed by atoms with Crippen molar-refractivity contribution in [1.29, 1.82) is 0 Å². The molecular weight excluding hydrogens is 292 g/mol. The molecule has 0 radical (unpaired) electrons. The molecule has 2 heteroatoms. The third kappa shape index (κ3) is 2.54. The molecule has 0 aliphatic heterocycles. The van der Waals surface area contributed by atoms with Crippen LogP contribution in [0, 0.1) is 6.92 Å². The van der Waals surface area contributed by atoms with E-state index in [4.69, 9.17) is 0 Å². The third-order valence-corrected chi connectivity index (χ3v) is 4.55. The quantitative estimate of drug-likeness (QED) is 0.462. The van der Waals surface area contributed by atoms with Gasteiger partial charge in [-0.2, -0.15) is 0 Å². The fraction of sp³-hybridized carbons (Fsp3) is 0.182. The van der Waals surface area contributed by atoms with Crippen molar-refractivity contribution in [2.45, 2.75) is 26.7 Å². The number of hydrogen-bond donors (Lipinski definition) is 0. The van der Waals surface area contributed by atoms with Gasteiger partial charge in [-0.05, 0) is 53.8 Å². The van der Waals surface area contributed by atoms with Crippen LogP contribution in [-0.4, -0.2) is 9.97 Å². The lowest BCUT2D eigenvalue weighted by Crippen LogP contribution is -1.92. The maximum atomic E-state index is 4.68. The van der Waals surface area contributed by atoms with Gasteiger partial charge in [-0.25, -0.2) is 0 Å². The van der Waals surface area contributed by atoms with Crippen LogP contribution in [0.15, 0.2) is 60.8 Å². The van der Waals surface area contributed by atoms with Gasteiger partial charge in [0.05, 0.1) is 11.0 Å². The summed E-state index contributed by atoms with van der Waals surface area (Å²) in [5.74, 6) is 0.469. The first-order valence-corrected chi connectivity index (χ1v) is 8.38. The molecule has 0 atom stereocenters. The Balaban J connectivity index is 2.01. The fourth-order valence-electron chi connectivity index (χ4n) is 3.16. The number of nitrogens with zero attached hydrogens (tertiary/aromatic N) is 2. The van der Waals surface area contributed by atoms with E-state index in [1.54, 1.807) is 0 Å². The average molecular weight is 312 g/mol. The van der Waals surface area contributed by atoms with Crippen LogP contribution in [-0.2, 0) is 0 Å². The minimum Gasteiger partial charge on any atom is -0.256 e. The van der Waals surface area contributed by atoms with E-state index in [1.807, 2.05) is 19.2 Å². The number of rotatable bonds is 2. The van der Waals surface area contributed by atoms with Crippen LogP contribution in [0.2, 0.25) is 0 Å². The van der Waals surface area contributed by atoms with Crippen molar-refractivity contribution in [3.63, 3.8) is 0 Å². The molecular formula is C22H20N2. The summed E-state index contributed by atoms with van der Waals surface area (Å²) >= 11 is 0. The smallest absolute Gasteiger partial charge is 0.0711 e. The molecule has 2 aromatic carbocycles. The van der Waals surface area contributed by atoms with E-state index in [-0.39, 0.29) is 0 Å². The largest absolute Gasteiger partial charge is 0.256 e. The Kier molecular flexibility index (Phi) is 3.53. The van der Waals surface area contributed by atoms with Crippen molar-refractivity contribution in [2.24, 2.45) is 0 Å². The molecule has 2 heterocycles. The summed E-state index contributed by atoms with van der Waals surface area (Å²) in [5.41, 5.74) is 6.88. The van der Waals surface area contributed by atoms with Crippen molar-refractivity contribution in [3.05, 3.63) is 72.1 Å². The second kappa shape index (κ2) is 5.72. The number of aryl methyl sites for hydroxylation is 1. The molecule has 0 bridgehead atoms. The van der Waals surface area contributed by atoms with Crippen LogP contribution >= 0.6 is 0 Å². The lowest BCUT2D eigenvalue weighted by molar-refractivity contribution is 0.868. The van der Waals surface area contributed by atoms with E-state index in [2.05, 4.69) is 72.3 Å². The van der Waals surface area contributed by atoms with Gasteiger partial charge < -0.3 is 0 Å². The predicted octanol–water partition coefficient (Wildman–Crippen LogP) is 5.88. The highest BCUT2D eigenvalue weighted by Gasteiger charge is 2.10. The number of benzene rings is 2. The second-order valence-corrected chi connectivity index (χ2v) is 6.65. The maximum absolute atomic E-state index is 4.68. The van der Waals surface area contributed by atoms with Crippen LogP contribution in [0.4, 0.5) is 0 Å². The minimum absolute atomic E-state index is 0.469. The van der Waals surface area contributed by atoms with Gasteiger partial charge in [-0.15, -0.1) is 0 Å². The highest BCUT2D eigenvalue weighted by atomic mass is 14.7. The van der Waals surface area contributed by atoms with Crippen LogP contribution in [0.1, 0.15) is 31.0 Å². The van der Waals surface area contributed by atoms with E-state index in [1.165, 1.54) is 27.5 Å². The Morgan fingerprint density at radius 3 is 2.54 bits per heavy atom. The summed E-state index contributed by atoms with van der Waals surface area (Å²) in [5, 5.41) is 2.36. The zero-order valence-corrected chi connectivity index (χ0v) is 14.2. The lowest BCUT2D eigenvalue weighted by Gasteiger charge is -2.13. The number of aromatic nitrogens is 2. The van der Waals surface area contributed by atoms with E-state index in [9.17, 15) is 0 Å². The highest BCUT2D eigenvalue weighted by molar-refractivity contribution is 5.97. The molecule has 0 saturated heterocycles. The third-order valence-electron chi connectivity index (χ3n) is 4.55. The van der Waals surface area contributed by atoms with Crippen molar-refractivity contribution in [3.8, 4) is 11.1 Å².